The second kappa shape index (κ2) is 6.61. The van der Waals surface area contributed by atoms with Crippen LogP contribution in [-0.4, -0.2) is 24.9 Å². The van der Waals surface area contributed by atoms with Crippen molar-refractivity contribution in [1.29, 1.82) is 0 Å². The number of benzene rings is 1. The van der Waals surface area contributed by atoms with E-state index >= 15 is 0 Å². The first-order valence-electron chi connectivity index (χ1n) is 4.85. The molecule has 1 N–H and O–H groups in total. The molecule has 0 unspecified atom stereocenters. The van der Waals surface area contributed by atoms with Gasteiger partial charge in [-0.05, 0) is 24.6 Å². The fourth-order valence-electron chi connectivity index (χ4n) is 1.12. The van der Waals surface area contributed by atoms with Gasteiger partial charge in [-0.15, -0.1) is 11.6 Å². The number of amides is 1. The monoisotopic (exact) mass is 261 g/mol. The molecule has 1 rings (SSSR count). The summed E-state index contributed by atoms with van der Waals surface area (Å²) >= 11 is 11.3. The van der Waals surface area contributed by atoms with Gasteiger partial charge in [0.15, 0.2) is 0 Å². The van der Waals surface area contributed by atoms with Gasteiger partial charge in [0.05, 0.1) is 11.6 Å². The van der Waals surface area contributed by atoms with E-state index in [0.29, 0.717) is 23.9 Å². The number of hydrogen-bond donors (Lipinski definition) is 1. The average Bonchev–Trinajstić information content (AvgIpc) is 2.28. The minimum Gasteiger partial charge on any atom is -0.490 e. The average molecular weight is 262 g/mol. The van der Waals surface area contributed by atoms with Gasteiger partial charge in [0.2, 0.25) is 5.91 Å². The second-order valence-corrected chi connectivity index (χ2v) is 3.94. The Labute approximate surface area is 105 Å². The van der Waals surface area contributed by atoms with E-state index in [9.17, 15) is 4.79 Å². The smallest absolute Gasteiger partial charge is 0.235 e. The predicted octanol–water partition coefficient (Wildman–Crippen LogP) is 2.38. The topological polar surface area (TPSA) is 38.3 Å². The lowest BCUT2D eigenvalue weighted by molar-refractivity contribution is -0.118. The van der Waals surface area contributed by atoms with E-state index in [1.165, 1.54) is 0 Å². The number of aryl methyl sites for hydroxylation is 1. The molecule has 5 heteroatoms. The summed E-state index contributed by atoms with van der Waals surface area (Å²) in [7, 11) is 0. The van der Waals surface area contributed by atoms with Crippen molar-refractivity contribution < 1.29 is 9.53 Å². The molecule has 1 aromatic rings. The molecule has 0 radical (unpaired) electrons. The lowest BCUT2D eigenvalue weighted by atomic mass is 10.2. The minimum absolute atomic E-state index is 0.0365. The lowest BCUT2D eigenvalue weighted by Crippen LogP contribution is -2.28. The molecular formula is C11H13Cl2NO2. The third kappa shape index (κ3) is 4.29. The number of alkyl halides is 1. The first-order valence-corrected chi connectivity index (χ1v) is 5.76. The Hall–Kier alpha value is -0.930. The predicted molar refractivity (Wildman–Crippen MR) is 65.4 cm³/mol. The maximum Gasteiger partial charge on any atom is 0.235 e. The molecule has 88 valence electrons. The van der Waals surface area contributed by atoms with Gasteiger partial charge >= 0.3 is 0 Å². The minimum atomic E-state index is -0.208. The van der Waals surface area contributed by atoms with Crippen LogP contribution in [0.1, 0.15) is 5.56 Å². The van der Waals surface area contributed by atoms with E-state index in [4.69, 9.17) is 27.9 Å². The van der Waals surface area contributed by atoms with Crippen LogP contribution < -0.4 is 10.1 Å². The highest BCUT2D eigenvalue weighted by atomic mass is 35.5. The largest absolute Gasteiger partial charge is 0.490 e. The SMILES string of the molecule is Cc1ccc(Cl)c(OCCNC(=O)CCl)c1. The Morgan fingerprint density at radius 3 is 2.94 bits per heavy atom. The molecule has 0 heterocycles. The van der Waals surface area contributed by atoms with Crippen molar-refractivity contribution in [2.75, 3.05) is 19.0 Å². The van der Waals surface area contributed by atoms with Gasteiger partial charge in [0.25, 0.3) is 0 Å². The first kappa shape index (κ1) is 13.1. The second-order valence-electron chi connectivity index (χ2n) is 3.27. The molecule has 0 aliphatic carbocycles. The maximum absolute atomic E-state index is 10.8. The molecule has 16 heavy (non-hydrogen) atoms. The normalized spacial score (nSPS) is 9.94. The van der Waals surface area contributed by atoms with Crippen LogP contribution in [0.4, 0.5) is 0 Å². The van der Waals surface area contributed by atoms with Crippen molar-refractivity contribution >= 4 is 29.1 Å². The number of rotatable bonds is 5. The summed E-state index contributed by atoms with van der Waals surface area (Å²) in [5.41, 5.74) is 1.07. The van der Waals surface area contributed by atoms with Crippen molar-refractivity contribution in [1.82, 2.24) is 5.32 Å². The summed E-state index contributed by atoms with van der Waals surface area (Å²) in [5, 5.41) is 3.16. The number of carbonyl (C=O) groups excluding carboxylic acids is 1. The van der Waals surface area contributed by atoms with Crippen LogP contribution in [0.2, 0.25) is 5.02 Å². The van der Waals surface area contributed by atoms with Crippen LogP contribution in [0.5, 0.6) is 5.75 Å². The summed E-state index contributed by atoms with van der Waals surface area (Å²) in [4.78, 5) is 10.8. The molecule has 0 aromatic heterocycles. The van der Waals surface area contributed by atoms with Gasteiger partial charge in [-0.2, -0.15) is 0 Å². The fourth-order valence-corrected chi connectivity index (χ4v) is 1.39. The van der Waals surface area contributed by atoms with Gasteiger partial charge in [-0.3, -0.25) is 4.79 Å². The molecular weight excluding hydrogens is 249 g/mol. The number of ether oxygens (including phenoxy) is 1. The van der Waals surface area contributed by atoms with Crippen LogP contribution in [-0.2, 0) is 4.79 Å². The Kier molecular flexibility index (Phi) is 5.43. The van der Waals surface area contributed by atoms with Gasteiger partial charge in [0, 0.05) is 0 Å². The van der Waals surface area contributed by atoms with E-state index in [0.717, 1.165) is 5.56 Å². The molecule has 1 aromatic carbocycles. The van der Waals surface area contributed by atoms with Gasteiger partial charge in [-0.25, -0.2) is 0 Å². The van der Waals surface area contributed by atoms with Crippen LogP contribution in [0, 0.1) is 6.92 Å². The third-order valence-electron chi connectivity index (χ3n) is 1.89. The maximum atomic E-state index is 10.8. The summed E-state index contributed by atoms with van der Waals surface area (Å²) in [6, 6.07) is 5.54. The highest BCUT2D eigenvalue weighted by Crippen LogP contribution is 2.24. The molecule has 3 nitrogen and oxygen atoms in total. The summed E-state index contributed by atoms with van der Waals surface area (Å²) < 4.78 is 5.42. The van der Waals surface area contributed by atoms with Crippen LogP contribution >= 0.6 is 23.2 Å². The van der Waals surface area contributed by atoms with Gasteiger partial charge < -0.3 is 10.1 Å². The fraction of sp³-hybridized carbons (Fsp3) is 0.364. The Morgan fingerprint density at radius 1 is 1.50 bits per heavy atom. The molecule has 0 spiro atoms. The zero-order valence-corrected chi connectivity index (χ0v) is 10.4. The number of hydrogen-bond acceptors (Lipinski definition) is 2. The van der Waals surface area contributed by atoms with Crippen LogP contribution in [0.3, 0.4) is 0 Å². The first-order chi connectivity index (χ1) is 7.63. The highest BCUT2D eigenvalue weighted by Gasteiger charge is 2.02. The molecule has 0 bridgehead atoms. The third-order valence-corrected chi connectivity index (χ3v) is 2.44. The lowest BCUT2D eigenvalue weighted by Gasteiger charge is -2.09. The Morgan fingerprint density at radius 2 is 2.25 bits per heavy atom. The zero-order chi connectivity index (χ0) is 12.0. The van der Waals surface area contributed by atoms with Crippen molar-refractivity contribution in [3.8, 4) is 5.75 Å². The molecule has 0 saturated carbocycles. The van der Waals surface area contributed by atoms with Crippen molar-refractivity contribution in [3.63, 3.8) is 0 Å². The molecule has 0 aliphatic heterocycles. The highest BCUT2D eigenvalue weighted by molar-refractivity contribution is 6.32. The van der Waals surface area contributed by atoms with E-state index in [1.807, 2.05) is 19.1 Å². The molecule has 0 aliphatic rings. The summed E-state index contributed by atoms with van der Waals surface area (Å²) in [5.74, 6) is 0.382. The van der Waals surface area contributed by atoms with Crippen molar-refractivity contribution in [3.05, 3.63) is 28.8 Å². The Balaban J connectivity index is 2.37. The van der Waals surface area contributed by atoms with Crippen molar-refractivity contribution in [2.24, 2.45) is 0 Å². The van der Waals surface area contributed by atoms with Gasteiger partial charge in [0.1, 0.15) is 18.2 Å². The van der Waals surface area contributed by atoms with Crippen LogP contribution in [0.15, 0.2) is 18.2 Å². The van der Waals surface area contributed by atoms with E-state index in [1.54, 1.807) is 6.07 Å². The molecule has 0 fully saturated rings. The van der Waals surface area contributed by atoms with Crippen molar-refractivity contribution in [2.45, 2.75) is 6.92 Å². The molecule has 0 atom stereocenters. The van der Waals surface area contributed by atoms with Gasteiger partial charge in [-0.1, -0.05) is 17.7 Å². The molecule has 0 saturated heterocycles. The van der Waals surface area contributed by atoms with Crippen LogP contribution in [0.25, 0.3) is 0 Å². The quantitative estimate of drug-likeness (QED) is 0.653. The number of halogens is 2. The Bertz CT molecular complexity index is 369. The summed E-state index contributed by atoms with van der Waals surface area (Å²) in [6.45, 7) is 2.74. The van der Waals surface area contributed by atoms with E-state index < -0.39 is 0 Å². The standard InChI is InChI=1S/C11H13Cl2NO2/c1-8-2-3-9(13)10(6-8)16-5-4-14-11(15)7-12/h2-3,6H,4-5,7H2,1H3,(H,14,15). The molecule has 1 amide bonds. The number of nitrogens with one attached hydrogen (secondary N) is 1. The van der Waals surface area contributed by atoms with E-state index in [-0.39, 0.29) is 11.8 Å². The van der Waals surface area contributed by atoms with E-state index in [2.05, 4.69) is 5.32 Å². The zero-order valence-electron chi connectivity index (χ0n) is 8.93. The summed E-state index contributed by atoms with van der Waals surface area (Å²) in [6.07, 6.45) is 0. The number of carbonyl (C=O) groups is 1.